The van der Waals surface area contributed by atoms with Crippen LogP contribution in [0.5, 0.6) is 0 Å². The number of hydrogen-bond donors (Lipinski definition) is 1. The van der Waals surface area contributed by atoms with Gasteiger partial charge in [0.25, 0.3) is 11.9 Å². The third-order valence-electron chi connectivity index (χ3n) is 2.49. The first-order valence-electron chi connectivity index (χ1n) is 6.13. The summed E-state index contributed by atoms with van der Waals surface area (Å²) < 4.78 is 3.07. The van der Waals surface area contributed by atoms with Crippen LogP contribution in [0.15, 0.2) is 25.0 Å². The Bertz CT molecular complexity index is 701. The Morgan fingerprint density at radius 2 is 1.90 bits per heavy atom. The lowest BCUT2D eigenvalue weighted by molar-refractivity contribution is 0.744. The average molecular weight is 271 g/mol. The molecule has 3 aromatic heterocycles. The molecule has 3 aromatic rings. The lowest BCUT2D eigenvalue weighted by Gasteiger charge is -2.07. The second-order valence-corrected chi connectivity index (χ2v) is 4.09. The van der Waals surface area contributed by atoms with E-state index in [1.807, 2.05) is 20.0 Å². The Balaban J connectivity index is 2.09. The third kappa shape index (κ3) is 2.32. The lowest BCUT2D eigenvalue weighted by atomic mass is 10.4. The Labute approximate surface area is 114 Å². The Kier molecular flexibility index (Phi) is 3.07. The van der Waals surface area contributed by atoms with Crippen LogP contribution in [0.4, 0.5) is 5.95 Å². The van der Waals surface area contributed by atoms with Gasteiger partial charge in [0.05, 0.1) is 6.20 Å². The minimum absolute atomic E-state index is 0.386. The molecular formula is C11H13N9. The molecule has 3 heterocycles. The molecule has 102 valence electrons. The summed E-state index contributed by atoms with van der Waals surface area (Å²) in [5, 5.41) is 11.3. The van der Waals surface area contributed by atoms with E-state index < -0.39 is 0 Å². The molecule has 0 fully saturated rings. The predicted octanol–water partition coefficient (Wildman–Crippen LogP) is 0.378. The molecular weight excluding hydrogens is 258 g/mol. The van der Waals surface area contributed by atoms with Gasteiger partial charge in [0, 0.05) is 12.7 Å². The van der Waals surface area contributed by atoms with Gasteiger partial charge < -0.3 is 5.32 Å². The monoisotopic (exact) mass is 271 g/mol. The van der Waals surface area contributed by atoms with Crippen molar-refractivity contribution >= 4 is 5.95 Å². The van der Waals surface area contributed by atoms with Crippen LogP contribution < -0.4 is 5.32 Å². The largest absolute Gasteiger partial charge is 0.354 e. The summed E-state index contributed by atoms with van der Waals surface area (Å²) in [5.74, 6) is 1.28. The maximum atomic E-state index is 4.34. The maximum Gasteiger partial charge on any atom is 0.258 e. The first-order chi connectivity index (χ1) is 9.76. The quantitative estimate of drug-likeness (QED) is 0.732. The van der Waals surface area contributed by atoms with Crippen LogP contribution in [0, 0.1) is 6.92 Å². The van der Waals surface area contributed by atoms with Crippen LogP contribution in [-0.2, 0) is 0 Å². The summed E-state index contributed by atoms with van der Waals surface area (Å²) in [7, 11) is 0. The molecule has 1 N–H and O–H groups in total. The zero-order valence-electron chi connectivity index (χ0n) is 11.1. The summed E-state index contributed by atoms with van der Waals surface area (Å²) >= 11 is 0. The highest BCUT2D eigenvalue weighted by Crippen LogP contribution is 2.08. The van der Waals surface area contributed by atoms with Gasteiger partial charge in [-0.3, -0.25) is 0 Å². The highest BCUT2D eigenvalue weighted by Gasteiger charge is 2.10. The topological polar surface area (TPSA) is 99.2 Å². The summed E-state index contributed by atoms with van der Waals surface area (Å²) in [5.41, 5.74) is 1.03. The second kappa shape index (κ2) is 5.03. The van der Waals surface area contributed by atoms with E-state index in [9.17, 15) is 0 Å². The smallest absolute Gasteiger partial charge is 0.258 e. The van der Waals surface area contributed by atoms with Gasteiger partial charge in [-0.25, -0.2) is 9.67 Å². The fraction of sp³-hybridized carbons (Fsp3) is 0.273. The first-order valence-corrected chi connectivity index (χ1v) is 6.13. The normalized spacial score (nSPS) is 10.7. The van der Waals surface area contributed by atoms with Crippen molar-refractivity contribution in [1.29, 1.82) is 0 Å². The molecule has 0 radical (unpaired) electrons. The standard InChI is InChI=1S/C11H13N9/c1-3-13-9-16-10(19-5-8(2)4-14-19)18-11(17-9)20-7-12-6-15-20/h4-7H,3H2,1-2H3,(H,13,16,17,18). The molecule has 3 rings (SSSR count). The zero-order valence-corrected chi connectivity index (χ0v) is 11.1. The van der Waals surface area contributed by atoms with Crippen LogP contribution in [0.3, 0.4) is 0 Å². The summed E-state index contributed by atoms with van der Waals surface area (Å²) in [6.45, 7) is 4.63. The van der Waals surface area contributed by atoms with Crippen LogP contribution in [0.25, 0.3) is 11.9 Å². The van der Waals surface area contributed by atoms with Crippen molar-refractivity contribution in [3.63, 3.8) is 0 Å². The van der Waals surface area contributed by atoms with Gasteiger partial charge in [-0.05, 0) is 19.4 Å². The molecule has 9 heteroatoms. The molecule has 0 unspecified atom stereocenters. The van der Waals surface area contributed by atoms with Crippen LogP contribution in [0.1, 0.15) is 12.5 Å². The zero-order chi connectivity index (χ0) is 13.9. The van der Waals surface area contributed by atoms with Crippen molar-refractivity contribution in [3.8, 4) is 11.9 Å². The molecule has 0 atom stereocenters. The Morgan fingerprint density at radius 3 is 2.50 bits per heavy atom. The van der Waals surface area contributed by atoms with Crippen molar-refractivity contribution in [3.05, 3.63) is 30.6 Å². The average Bonchev–Trinajstić information content (AvgIpc) is 3.09. The highest BCUT2D eigenvalue weighted by atomic mass is 15.4. The number of aromatic nitrogens is 8. The first kappa shape index (κ1) is 12.2. The predicted molar refractivity (Wildman–Crippen MR) is 70.8 cm³/mol. The third-order valence-corrected chi connectivity index (χ3v) is 2.49. The van der Waals surface area contributed by atoms with Crippen LogP contribution in [0.2, 0.25) is 0 Å². The van der Waals surface area contributed by atoms with E-state index in [0.717, 1.165) is 5.56 Å². The molecule has 0 amide bonds. The molecule has 0 aromatic carbocycles. The maximum absolute atomic E-state index is 4.34. The minimum Gasteiger partial charge on any atom is -0.354 e. The molecule has 0 saturated carbocycles. The molecule has 9 nitrogen and oxygen atoms in total. The van der Waals surface area contributed by atoms with E-state index in [1.165, 1.54) is 17.3 Å². The van der Waals surface area contributed by atoms with Crippen molar-refractivity contribution in [2.24, 2.45) is 0 Å². The van der Waals surface area contributed by atoms with Gasteiger partial charge in [-0.2, -0.15) is 29.8 Å². The molecule has 0 aliphatic carbocycles. The number of nitrogens with one attached hydrogen (secondary N) is 1. The van der Waals surface area contributed by atoms with Crippen molar-refractivity contribution < 1.29 is 0 Å². The molecule has 0 aliphatic rings. The fourth-order valence-electron chi connectivity index (χ4n) is 1.63. The van der Waals surface area contributed by atoms with E-state index in [4.69, 9.17) is 0 Å². The Morgan fingerprint density at radius 1 is 1.10 bits per heavy atom. The molecule has 0 spiro atoms. The van der Waals surface area contributed by atoms with Gasteiger partial charge in [-0.15, -0.1) is 0 Å². The van der Waals surface area contributed by atoms with E-state index >= 15 is 0 Å². The SMILES string of the molecule is CCNc1nc(-n2cncn2)nc(-n2cc(C)cn2)n1. The number of rotatable bonds is 4. The number of anilines is 1. The van der Waals surface area contributed by atoms with Crippen molar-refractivity contribution in [1.82, 2.24) is 39.5 Å². The second-order valence-electron chi connectivity index (χ2n) is 4.09. The number of nitrogens with zero attached hydrogens (tertiary/aromatic N) is 8. The molecule has 20 heavy (non-hydrogen) atoms. The number of hydrogen-bond acceptors (Lipinski definition) is 7. The molecule has 0 saturated heterocycles. The minimum atomic E-state index is 0.386. The Hall–Kier alpha value is -2.84. The molecule has 0 bridgehead atoms. The van der Waals surface area contributed by atoms with Gasteiger partial charge in [0.1, 0.15) is 12.7 Å². The van der Waals surface area contributed by atoms with E-state index in [-0.39, 0.29) is 0 Å². The van der Waals surface area contributed by atoms with Gasteiger partial charge in [-0.1, -0.05) is 0 Å². The molecule has 0 aliphatic heterocycles. The van der Waals surface area contributed by atoms with Crippen LogP contribution >= 0.6 is 0 Å². The lowest BCUT2D eigenvalue weighted by Crippen LogP contribution is -2.13. The van der Waals surface area contributed by atoms with Crippen LogP contribution in [-0.4, -0.2) is 46.0 Å². The fourth-order valence-corrected chi connectivity index (χ4v) is 1.63. The van der Waals surface area contributed by atoms with E-state index in [0.29, 0.717) is 24.4 Å². The van der Waals surface area contributed by atoms with Crippen molar-refractivity contribution in [2.75, 3.05) is 11.9 Å². The van der Waals surface area contributed by atoms with Gasteiger partial charge >= 0.3 is 0 Å². The summed E-state index contributed by atoms with van der Waals surface area (Å²) in [4.78, 5) is 16.8. The van der Waals surface area contributed by atoms with E-state index in [1.54, 1.807) is 10.9 Å². The van der Waals surface area contributed by atoms with Crippen molar-refractivity contribution in [2.45, 2.75) is 13.8 Å². The highest BCUT2D eigenvalue weighted by molar-refractivity contribution is 5.32. The summed E-state index contributed by atoms with van der Waals surface area (Å²) in [6, 6.07) is 0. The summed E-state index contributed by atoms with van der Waals surface area (Å²) in [6.07, 6.45) is 6.54. The number of aryl methyl sites for hydroxylation is 1. The van der Waals surface area contributed by atoms with E-state index in [2.05, 4.69) is 35.5 Å². The van der Waals surface area contributed by atoms with Gasteiger partial charge in [0.15, 0.2) is 0 Å². The van der Waals surface area contributed by atoms with Gasteiger partial charge in [0.2, 0.25) is 5.95 Å².